The van der Waals surface area contributed by atoms with E-state index in [-0.39, 0.29) is 11.7 Å². The lowest BCUT2D eigenvalue weighted by atomic mass is 10.1. The minimum atomic E-state index is -0.339. The number of piperazine rings is 1. The number of hydrogen-bond acceptors (Lipinski definition) is 5. The highest BCUT2D eigenvalue weighted by Gasteiger charge is 2.22. The van der Waals surface area contributed by atoms with E-state index in [1.54, 1.807) is 12.1 Å². The molecular formula is C21H21FN4O2. The third-order valence-corrected chi connectivity index (χ3v) is 4.83. The second kappa shape index (κ2) is 8.31. The van der Waals surface area contributed by atoms with Gasteiger partial charge in [0, 0.05) is 31.7 Å². The van der Waals surface area contributed by atoms with Crippen LogP contribution in [0.15, 0.2) is 59.1 Å². The van der Waals surface area contributed by atoms with Crippen molar-refractivity contribution in [3.05, 3.63) is 71.8 Å². The fraction of sp³-hybridized carbons (Fsp3) is 0.286. The molecule has 0 atom stereocenters. The van der Waals surface area contributed by atoms with Gasteiger partial charge in [0.25, 0.3) is 5.89 Å². The van der Waals surface area contributed by atoms with Crippen LogP contribution in [0.4, 0.5) is 4.39 Å². The standard InChI is InChI=1S/C21H21FN4O2/c22-18-8-4-7-17(14-18)21-23-19(24-28-21)15-25-9-11-26(12-10-25)20(27)13-16-5-2-1-3-6-16/h1-8,14H,9-13,15H2. The van der Waals surface area contributed by atoms with Crippen molar-refractivity contribution >= 4 is 5.91 Å². The van der Waals surface area contributed by atoms with Crippen molar-refractivity contribution in [1.29, 1.82) is 0 Å². The molecule has 2 aromatic carbocycles. The molecule has 3 aromatic rings. The zero-order chi connectivity index (χ0) is 19.3. The molecular weight excluding hydrogens is 359 g/mol. The van der Waals surface area contributed by atoms with Crippen LogP contribution in [-0.4, -0.2) is 52.0 Å². The average Bonchev–Trinajstić information content (AvgIpc) is 3.18. The number of nitrogens with zero attached hydrogens (tertiary/aromatic N) is 4. The maximum Gasteiger partial charge on any atom is 0.258 e. The smallest absolute Gasteiger partial charge is 0.258 e. The largest absolute Gasteiger partial charge is 0.340 e. The van der Waals surface area contributed by atoms with Crippen molar-refractivity contribution in [3.8, 4) is 11.5 Å². The monoisotopic (exact) mass is 380 g/mol. The van der Waals surface area contributed by atoms with Gasteiger partial charge >= 0.3 is 0 Å². The van der Waals surface area contributed by atoms with Crippen molar-refractivity contribution in [2.24, 2.45) is 0 Å². The second-order valence-corrected chi connectivity index (χ2v) is 6.85. The molecule has 1 aromatic heterocycles. The highest BCUT2D eigenvalue weighted by Crippen LogP contribution is 2.18. The molecule has 0 saturated carbocycles. The van der Waals surface area contributed by atoms with Crippen molar-refractivity contribution in [3.63, 3.8) is 0 Å². The molecule has 4 rings (SSSR count). The fourth-order valence-corrected chi connectivity index (χ4v) is 3.29. The molecule has 1 amide bonds. The molecule has 144 valence electrons. The molecule has 0 bridgehead atoms. The lowest BCUT2D eigenvalue weighted by molar-refractivity contribution is -0.132. The van der Waals surface area contributed by atoms with Crippen LogP contribution in [-0.2, 0) is 17.8 Å². The van der Waals surface area contributed by atoms with Crippen LogP contribution in [0, 0.1) is 5.82 Å². The van der Waals surface area contributed by atoms with Crippen molar-refractivity contribution in [2.45, 2.75) is 13.0 Å². The Kier molecular flexibility index (Phi) is 5.43. The van der Waals surface area contributed by atoms with E-state index in [2.05, 4.69) is 15.0 Å². The molecule has 0 N–H and O–H groups in total. The SMILES string of the molecule is O=C(Cc1ccccc1)N1CCN(Cc2noc(-c3cccc(F)c3)n2)CC1. The average molecular weight is 380 g/mol. The first kappa shape index (κ1) is 18.3. The molecule has 0 spiro atoms. The predicted octanol–water partition coefficient (Wildman–Crippen LogP) is 2.76. The lowest BCUT2D eigenvalue weighted by Crippen LogP contribution is -2.48. The van der Waals surface area contributed by atoms with Gasteiger partial charge < -0.3 is 9.42 Å². The zero-order valence-electron chi connectivity index (χ0n) is 15.4. The quantitative estimate of drug-likeness (QED) is 0.681. The van der Waals surface area contributed by atoms with Gasteiger partial charge in [-0.25, -0.2) is 4.39 Å². The summed E-state index contributed by atoms with van der Waals surface area (Å²) in [5, 5.41) is 4.00. The molecule has 0 unspecified atom stereocenters. The summed E-state index contributed by atoms with van der Waals surface area (Å²) >= 11 is 0. The van der Waals surface area contributed by atoms with E-state index in [9.17, 15) is 9.18 Å². The molecule has 6 nitrogen and oxygen atoms in total. The zero-order valence-corrected chi connectivity index (χ0v) is 15.4. The summed E-state index contributed by atoms with van der Waals surface area (Å²) in [6, 6.07) is 15.9. The van der Waals surface area contributed by atoms with E-state index in [4.69, 9.17) is 4.52 Å². The number of rotatable bonds is 5. The highest BCUT2D eigenvalue weighted by atomic mass is 19.1. The van der Waals surface area contributed by atoms with Gasteiger partial charge in [0.2, 0.25) is 5.91 Å². The maximum atomic E-state index is 13.3. The molecule has 0 aliphatic carbocycles. The third kappa shape index (κ3) is 4.43. The number of carbonyl (C=O) groups excluding carboxylic acids is 1. The van der Waals surface area contributed by atoms with Crippen molar-refractivity contribution in [2.75, 3.05) is 26.2 Å². The Balaban J connectivity index is 1.29. The van der Waals surface area contributed by atoms with Gasteiger partial charge in [0.05, 0.1) is 13.0 Å². The van der Waals surface area contributed by atoms with Crippen LogP contribution < -0.4 is 0 Å². The number of halogens is 1. The molecule has 0 radical (unpaired) electrons. The van der Waals surface area contributed by atoms with Gasteiger partial charge in [-0.15, -0.1) is 0 Å². The molecule has 1 fully saturated rings. The van der Waals surface area contributed by atoms with Crippen molar-refractivity contribution < 1.29 is 13.7 Å². The van der Waals surface area contributed by atoms with Crippen LogP contribution in [0.2, 0.25) is 0 Å². The van der Waals surface area contributed by atoms with Crippen LogP contribution in [0.1, 0.15) is 11.4 Å². The summed E-state index contributed by atoms with van der Waals surface area (Å²) in [5.41, 5.74) is 1.60. The van der Waals surface area contributed by atoms with Gasteiger partial charge in [-0.2, -0.15) is 4.98 Å². The Labute approximate surface area is 162 Å². The Morgan fingerprint density at radius 2 is 1.82 bits per heavy atom. The second-order valence-electron chi connectivity index (χ2n) is 6.85. The van der Waals surface area contributed by atoms with Crippen LogP contribution >= 0.6 is 0 Å². The molecule has 1 aliphatic heterocycles. The first-order valence-electron chi connectivity index (χ1n) is 9.30. The van der Waals surface area contributed by atoms with E-state index in [0.717, 1.165) is 18.7 Å². The van der Waals surface area contributed by atoms with E-state index >= 15 is 0 Å². The number of hydrogen-bond donors (Lipinski definition) is 0. The minimum absolute atomic E-state index is 0.152. The Morgan fingerprint density at radius 1 is 1.04 bits per heavy atom. The summed E-state index contributed by atoms with van der Waals surface area (Å²) in [6.45, 7) is 3.41. The minimum Gasteiger partial charge on any atom is -0.340 e. The van der Waals surface area contributed by atoms with E-state index in [0.29, 0.717) is 43.3 Å². The van der Waals surface area contributed by atoms with Gasteiger partial charge in [-0.1, -0.05) is 41.6 Å². The van der Waals surface area contributed by atoms with Gasteiger partial charge in [-0.3, -0.25) is 9.69 Å². The van der Waals surface area contributed by atoms with E-state index in [1.165, 1.54) is 12.1 Å². The molecule has 1 aliphatic rings. The molecule has 28 heavy (non-hydrogen) atoms. The first-order valence-corrected chi connectivity index (χ1v) is 9.30. The lowest BCUT2D eigenvalue weighted by Gasteiger charge is -2.34. The summed E-state index contributed by atoms with van der Waals surface area (Å²) in [6.07, 6.45) is 0.433. The Bertz CT molecular complexity index is 936. The predicted molar refractivity (Wildman–Crippen MR) is 102 cm³/mol. The van der Waals surface area contributed by atoms with E-state index < -0.39 is 0 Å². The van der Waals surface area contributed by atoms with Crippen molar-refractivity contribution in [1.82, 2.24) is 19.9 Å². The Morgan fingerprint density at radius 3 is 2.57 bits per heavy atom. The fourth-order valence-electron chi connectivity index (χ4n) is 3.29. The number of aromatic nitrogens is 2. The molecule has 7 heteroatoms. The summed E-state index contributed by atoms with van der Waals surface area (Å²) in [5.74, 6) is 0.682. The number of carbonyl (C=O) groups is 1. The number of amides is 1. The van der Waals surface area contributed by atoms with Crippen LogP contribution in [0.25, 0.3) is 11.5 Å². The van der Waals surface area contributed by atoms with Crippen LogP contribution in [0.3, 0.4) is 0 Å². The Hall–Kier alpha value is -3.06. The molecule has 2 heterocycles. The maximum absolute atomic E-state index is 13.3. The summed E-state index contributed by atoms with van der Waals surface area (Å²) < 4.78 is 18.6. The normalized spacial score (nSPS) is 15.0. The third-order valence-electron chi connectivity index (χ3n) is 4.83. The number of benzene rings is 2. The summed E-state index contributed by atoms with van der Waals surface area (Å²) in [4.78, 5) is 20.9. The van der Waals surface area contributed by atoms with Gasteiger partial charge in [-0.05, 0) is 23.8 Å². The van der Waals surface area contributed by atoms with Gasteiger partial charge in [0.15, 0.2) is 5.82 Å². The van der Waals surface area contributed by atoms with Gasteiger partial charge in [0.1, 0.15) is 5.82 Å². The van der Waals surface area contributed by atoms with Crippen LogP contribution in [0.5, 0.6) is 0 Å². The molecule has 1 saturated heterocycles. The highest BCUT2D eigenvalue weighted by molar-refractivity contribution is 5.78. The first-order chi connectivity index (χ1) is 13.7. The van der Waals surface area contributed by atoms with E-state index in [1.807, 2.05) is 35.2 Å². The summed E-state index contributed by atoms with van der Waals surface area (Å²) in [7, 11) is 0. The topological polar surface area (TPSA) is 62.5 Å².